The van der Waals surface area contributed by atoms with Gasteiger partial charge in [-0.1, -0.05) is 23.2 Å². The molecule has 0 spiro atoms. The van der Waals surface area contributed by atoms with Gasteiger partial charge in [0, 0.05) is 19.1 Å². The summed E-state index contributed by atoms with van der Waals surface area (Å²) in [4.78, 5) is -0.232. The Balaban J connectivity index is 2.30. The molecule has 20 heavy (non-hydrogen) atoms. The van der Waals surface area contributed by atoms with E-state index < -0.39 is 20.9 Å². The molecule has 112 valence electrons. The zero-order valence-electron chi connectivity index (χ0n) is 10.9. The summed E-state index contributed by atoms with van der Waals surface area (Å²) in [6.45, 7) is 0.767. The lowest BCUT2D eigenvalue weighted by Gasteiger charge is -2.31. The topological polar surface area (TPSA) is 49.4 Å². The van der Waals surface area contributed by atoms with Crippen LogP contribution in [0.4, 0.5) is 4.39 Å². The van der Waals surface area contributed by atoms with Gasteiger partial charge in [-0.15, -0.1) is 0 Å². The van der Waals surface area contributed by atoms with E-state index in [9.17, 15) is 12.8 Å². The average molecular weight is 341 g/mol. The molecule has 4 nitrogen and oxygen atoms in total. The standard InChI is InChI=1S/C12H15Cl2FN2O2S/c1-16-8-4-6-17(7-5-8)20(18,19)10-3-2-9(13)12(15)11(10)14/h2-3,8,16H,4-7H2,1H3. The van der Waals surface area contributed by atoms with E-state index in [1.54, 1.807) is 0 Å². The quantitative estimate of drug-likeness (QED) is 0.860. The van der Waals surface area contributed by atoms with Gasteiger partial charge in [-0.25, -0.2) is 12.8 Å². The zero-order valence-corrected chi connectivity index (χ0v) is 13.2. The Hall–Kier alpha value is -0.400. The summed E-state index contributed by atoms with van der Waals surface area (Å²) in [5.41, 5.74) is 0. The van der Waals surface area contributed by atoms with Gasteiger partial charge in [-0.05, 0) is 32.0 Å². The van der Waals surface area contributed by atoms with Crippen molar-refractivity contribution in [2.24, 2.45) is 0 Å². The van der Waals surface area contributed by atoms with E-state index in [-0.39, 0.29) is 9.92 Å². The maximum absolute atomic E-state index is 13.6. The molecule has 1 saturated heterocycles. The Morgan fingerprint density at radius 2 is 1.90 bits per heavy atom. The van der Waals surface area contributed by atoms with Gasteiger partial charge in [0.1, 0.15) is 4.90 Å². The maximum Gasteiger partial charge on any atom is 0.244 e. The first kappa shape index (κ1) is 16.0. The first-order chi connectivity index (χ1) is 9.37. The van der Waals surface area contributed by atoms with E-state index >= 15 is 0 Å². The molecule has 1 fully saturated rings. The molecule has 0 amide bonds. The molecule has 8 heteroatoms. The Bertz CT molecular complexity index is 602. The van der Waals surface area contributed by atoms with Gasteiger partial charge < -0.3 is 5.32 Å². The van der Waals surface area contributed by atoms with Crippen molar-refractivity contribution in [3.8, 4) is 0 Å². The lowest BCUT2D eigenvalue weighted by atomic mass is 10.1. The monoisotopic (exact) mass is 340 g/mol. The number of hydrogen-bond donors (Lipinski definition) is 1. The normalized spacial score (nSPS) is 18.4. The Labute approximate surface area is 127 Å². The maximum atomic E-state index is 13.6. The van der Waals surface area contributed by atoms with Crippen molar-refractivity contribution in [1.82, 2.24) is 9.62 Å². The van der Waals surface area contributed by atoms with Gasteiger partial charge in [0.05, 0.1) is 10.0 Å². The Kier molecular flexibility index (Phi) is 4.92. The number of sulfonamides is 1. The molecule has 1 aromatic carbocycles. The van der Waals surface area contributed by atoms with Gasteiger partial charge >= 0.3 is 0 Å². The highest BCUT2D eigenvalue weighted by Gasteiger charge is 2.31. The summed E-state index contributed by atoms with van der Waals surface area (Å²) in [5.74, 6) is -0.903. The molecule has 1 aliphatic heterocycles. The van der Waals surface area contributed by atoms with Crippen LogP contribution in [0.3, 0.4) is 0 Å². The smallest absolute Gasteiger partial charge is 0.244 e. The van der Waals surface area contributed by atoms with Crippen LogP contribution >= 0.6 is 23.2 Å². The molecular weight excluding hydrogens is 326 g/mol. The lowest BCUT2D eigenvalue weighted by Crippen LogP contribution is -2.43. The number of rotatable bonds is 3. The Morgan fingerprint density at radius 1 is 1.30 bits per heavy atom. The van der Waals surface area contributed by atoms with Crippen molar-refractivity contribution in [3.05, 3.63) is 28.0 Å². The highest BCUT2D eigenvalue weighted by atomic mass is 35.5. The Morgan fingerprint density at radius 3 is 2.45 bits per heavy atom. The third-order valence-electron chi connectivity index (χ3n) is 3.48. The summed E-state index contributed by atoms with van der Waals surface area (Å²) < 4.78 is 39.9. The van der Waals surface area contributed by atoms with Crippen molar-refractivity contribution in [3.63, 3.8) is 0 Å². The molecule has 1 aliphatic rings. The molecule has 1 N–H and O–H groups in total. The van der Waals surface area contributed by atoms with Crippen LogP contribution in [-0.4, -0.2) is 38.9 Å². The molecule has 2 rings (SSSR count). The fourth-order valence-corrected chi connectivity index (χ4v) is 4.42. The first-order valence-corrected chi connectivity index (χ1v) is 8.38. The van der Waals surface area contributed by atoms with Crippen LogP contribution in [0.5, 0.6) is 0 Å². The first-order valence-electron chi connectivity index (χ1n) is 6.19. The van der Waals surface area contributed by atoms with Gasteiger partial charge in [-0.3, -0.25) is 0 Å². The van der Waals surface area contributed by atoms with E-state index in [0.717, 1.165) is 0 Å². The predicted octanol–water partition coefficient (Wildman–Crippen LogP) is 2.51. The van der Waals surface area contributed by atoms with E-state index in [2.05, 4.69) is 5.32 Å². The molecular formula is C12H15Cl2FN2O2S. The van der Waals surface area contributed by atoms with Crippen LogP contribution < -0.4 is 5.32 Å². The summed E-state index contributed by atoms with van der Waals surface area (Å²) in [7, 11) is -1.94. The second-order valence-corrected chi connectivity index (χ2v) is 7.33. The third-order valence-corrected chi connectivity index (χ3v) is 6.19. The number of hydrogen-bond acceptors (Lipinski definition) is 3. The van der Waals surface area contributed by atoms with Gasteiger partial charge in [0.15, 0.2) is 5.82 Å². The lowest BCUT2D eigenvalue weighted by molar-refractivity contribution is 0.298. The summed E-state index contributed by atoms with van der Waals surface area (Å²) in [6, 6.07) is 2.75. The minimum absolute atomic E-state index is 0.192. The van der Waals surface area contributed by atoms with E-state index in [1.165, 1.54) is 16.4 Å². The number of nitrogens with one attached hydrogen (secondary N) is 1. The van der Waals surface area contributed by atoms with E-state index in [1.807, 2.05) is 7.05 Å². The average Bonchev–Trinajstić information content (AvgIpc) is 2.44. The van der Waals surface area contributed by atoms with Crippen LogP contribution in [0.1, 0.15) is 12.8 Å². The molecule has 0 unspecified atom stereocenters. The molecule has 0 radical (unpaired) electrons. The fraction of sp³-hybridized carbons (Fsp3) is 0.500. The predicted molar refractivity (Wildman–Crippen MR) is 77.3 cm³/mol. The minimum Gasteiger partial charge on any atom is -0.317 e. The van der Waals surface area contributed by atoms with Crippen molar-refractivity contribution in [2.75, 3.05) is 20.1 Å². The number of nitrogens with zero attached hydrogens (tertiary/aromatic N) is 1. The third kappa shape index (κ3) is 2.94. The molecule has 0 atom stereocenters. The SMILES string of the molecule is CNC1CCN(S(=O)(=O)c2ccc(Cl)c(F)c2Cl)CC1. The molecule has 0 bridgehead atoms. The fourth-order valence-electron chi connectivity index (χ4n) is 2.23. The van der Waals surface area contributed by atoms with Crippen molar-refractivity contribution >= 4 is 33.2 Å². The second-order valence-electron chi connectivity index (χ2n) is 4.64. The largest absolute Gasteiger partial charge is 0.317 e. The summed E-state index contributed by atoms with van der Waals surface area (Å²) >= 11 is 11.4. The highest BCUT2D eigenvalue weighted by Crippen LogP contribution is 2.32. The molecule has 1 aromatic rings. The number of piperidine rings is 1. The van der Waals surface area contributed by atoms with E-state index in [0.29, 0.717) is 32.0 Å². The minimum atomic E-state index is -3.79. The van der Waals surface area contributed by atoms with Crippen molar-refractivity contribution in [2.45, 2.75) is 23.8 Å². The molecule has 0 aromatic heterocycles. The number of benzene rings is 1. The highest BCUT2D eigenvalue weighted by molar-refractivity contribution is 7.89. The van der Waals surface area contributed by atoms with Crippen LogP contribution in [0.25, 0.3) is 0 Å². The van der Waals surface area contributed by atoms with Crippen LogP contribution in [0, 0.1) is 5.82 Å². The van der Waals surface area contributed by atoms with Crippen LogP contribution in [0.2, 0.25) is 10.0 Å². The summed E-state index contributed by atoms with van der Waals surface area (Å²) in [5, 5.41) is 2.48. The molecule has 0 aliphatic carbocycles. The molecule has 0 saturated carbocycles. The second kappa shape index (κ2) is 6.15. The molecule has 1 heterocycles. The van der Waals surface area contributed by atoms with Crippen molar-refractivity contribution < 1.29 is 12.8 Å². The number of halogens is 3. The van der Waals surface area contributed by atoms with Crippen LogP contribution in [0.15, 0.2) is 17.0 Å². The zero-order chi connectivity index (χ0) is 14.9. The van der Waals surface area contributed by atoms with Crippen LogP contribution in [-0.2, 0) is 10.0 Å². The summed E-state index contributed by atoms with van der Waals surface area (Å²) in [6.07, 6.45) is 1.42. The van der Waals surface area contributed by atoms with Crippen molar-refractivity contribution in [1.29, 1.82) is 0 Å². The van der Waals surface area contributed by atoms with Gasteiger partial charge in [0.25, 0.3) is 0 Å². The van der Waals surface area contributed by atoms with Gasteiger partial charge in [0.2, 0.25) is 10.0 Å². The van der Waals surface area contributed by atoms with Gasteiger partial charge in [-0.2, -0.15) is 4.31 Å². The van der Waals surface area contributed by atoms with E-state index in [4.69, 9.17) is 23.2 Å².